The Kier molecular flexibility index (Phi) is 5.36. The summed E-state index contributed by atoms with van der Waals surface area (Å²) in [5.74, 6) is 1.80. The Morgan fingerprint density at radius 3 is 2.22 bits per heavy atom. The molecule has 0 radical (unpaired) electrons. The third-order valence-corrected chi connectivity index (χ3v) is 9.43. The van der Waals surface area contributed by atoms with Gasteiger partial charge >= 0.3 is 0 Å². The van der Waals surface area contributed by atoms with E-state index in [1.54, 1.807) is 0 Å². The van der Waals surface area contributed by atoms with Crippen molar-refractivity contribution in [3.63, 3.8) is 0 Å². The molecular weight excluding hydrogens is 239 g/mol. The fourth-order valence-corrected chi connectivity index (χ4v) is 8.71. The van der Waals surface area contributed by atoms with E-state index in [0.29, 0.717) is 5.66 Å². The van der Waals surface area contributed by atoms with Crippen LogP contribution in [-0.4, -0.2) is 18.0 Å². The quantitative estimate of drug-likeness (QED) is 0.556. The molecule has 2 fully saturated rings. The lowest BCUT2D eigenvalue weighted by Gasteiger charge is -2.29. The van der Waals surface area contributed by atoms with Gasteiger partial charge in [-0.05, 0) is 43.9 Å². The second kappa shape index (κ2) is 6.60. The standard InChI is InChI=1S/C16H31OP/c1-3-5-12-18(17,13-6-4-2)16-11-10-14-8-7-9-15(14)16/h14-16H,3-13H2,1-2H3. The van der Waals surface area contributed by atoms with E-state index >= 15 is 0 Å². The molecule has 3 unspecified atom stereocenters. The van der Waals surface area contributed by atoms with Crippen LogP contribution in [0.3, 0.4) is 0 Å². The normalized spacial score (nSPS) is 31.8. The molecule has 0 aromatic rings. The maximum Gasteiger partial charge on any atom is 0.0909 e. The van der Waals surface area contributed by atoms with Gasteiger partial charge in [0.15, 0.2) is 0 Å². The summed E-state index contributed by atoms with van der Waals surface area (Å²) in [6.07, 6.45) is 13.8. The maximum absolute atomic E-state index is 13.5. The number of unbranched alkanes of at least 4 members (excludes halogenated alkanes) is 2. The maximum atomic E-state index is 13.5. The zero-order chi connectivity index (χ0) is 13.0. The minimum absolute atomic E-state index is 0.628. The number of fused-ring (bicyclic) bond motifs is 1. The van der Waals surface area contributed by atoms with E-state index in [-0.39, 0.29) is 0 Å². The van der Waals surface area contributed by atoms with E-state index in [2.05, 4.69) is 13.8 Å². The number of hydrogen-bond acceptors (Lipinski definition) is 1. The first-order chi connectivity index (χ1) is 8.71. The minimum Gasteiger partial charge on any atom is -0.323 e. The summed E-state index contributed by atoms with van der Waals surface area (Å²) < 4.78 is 13.5. The Balaban J connectivity index is 2.05. The van der Waals surface area contributed by atoms with E-state index in [0.717, 1.165) is 24.2 Å². The molecule has 0 saturated heterocycles. The molecule has 0 bridgehead atoms. The summed E-state index contributed by atoms with van der Waals surface area (Å²) in [6.45, 7) is 4.47. The molecule has 0 spiro atoms. The van der Waals surface area contributed by atoms with Crippen LogP contribution in [-0.2, 0) is 4.57 Å². The first-order valence-electron chi connectivity index (χ1n) is 8.29. The van der Waals surface area contributed by atoms with Crippen LogP contribution in [0.2, 0.25) is 0 Å². The van der Waals surface area contributed by atoms with Gasteiger partial charge in [0.2, 0.25) is 0 Å². The van der Waals surface area contributed by atoms with Crippen molar-refractivity contribution in [2.24, 2.45) is 11.8 Å². The van der Waals surface area contributed by atoms with Crippen LogP contribution in [0.1, 0.15) is 71.6 Å². The summed E-state index contributed by atoms with van der Waals surface area (Å²) >= 11 is 0. The SMILES string of the molecule is CCCCP(=O)(CCCC)C1CCC2CCCC21. The Morgan fingerprint density at radius 2 is 1.61 bits per heavy atom. The van der Waals surface area contributed by atoms with Gasteiger partial charge in [-0.2, -0.15) is 0 Å². The fourth-order valence-electron chi connectivity index (χ4n) is 4.41. The van der Waals surface area contributed by atoms with E-state index in [9.17, 15) is 4.57 Å². The second-order valence-corrected chi connectivity index (χ2v) is 10.1. The lowest BCUT2D eigenvalue weighted by molar-refractivity contribution is 0.449. The molecule has 0 aromatic heterocycles. The summed E-state index contributed by atoms with van der Waals surface area (Å²) in [5.41, 5.74) is 0.628. The highest BCUT2D eigenvalue weighted by atomic mass is 31.2. The molecule has 2 aliphatic carbocycles. The van der Waals surface area contributed by atoms with Crippen molar-refractivity contribution in [1.82, 2.24) is 0 Å². The topological polar surface area (TPSA) is 17.1 Å². The van der Waals surface area contributed by atoms with Crippen LogP contribution >= 0.6 is 7.14 Å². The average molecular weight is 270 g/mol. The predicted octanol–water partition coefficient (Wildman–Crippen LogP) is 5.53. The first-order valence-corrected chi connectivity index (χ1v) is 10.4. The van der Waals surface area contributed by atoms with Gasteiger partial charge in [0, 0.05) is 18.0 Å². The second-order valence-electron chi connectivity index (χ2n) is 6.61. The Morgan fingerprint density at radius 1 is 0.944 bits per heavy atom. The Hall–Kier alpha value is 0.230. The van der Waals surface area contributed by atoms with Crippen LogP contribution in [0.25, 0.3) is 0 Å². The number of hydrogen-bond donors (Lipinski definition) is 0. The van der Waals surface area contributed by atoms with Crippen molar-refractivity contribution in [2.45, 2.75) is 77.3 Å². The Bertz CT molecular complexity index is 287. The van der Waals surface area contributed by atoms with Crippen LogP contribution < -0.4 is 0 Å². The highest BCUT2D eigenvalue weighted by Gasteiger charge is 2.46. The molecule has 0 aromatic carbocycles. The van der Waals surface area contributed by atoms with Gasteiger partial charge in [-0.3, -0.25) is 0 Å². The van der Waals surface area contributed by atoms with Crippen molar-refractivity contribution < 1.29 is 4.57 Å². The van der Waals surface area contributed by atoms with Crippen molar-refractivity contribution in [3.05, 3.63) is 0 Å². The lowest BCUT2D eigenvalue weighted by Crippen LogP contribution is -2.19. The monoisotopic (exact) mass is 270 g/mol. The van der Waals surface area contributed by atoms with Crippen molar-refractivity contribution >= 4 is 7.14 Å². The van der Waals surface area contributed by atoms with E-state index in [1.165, 1.54) is 57.8 Å². The van der Waals surface area contributed by atoms with Gasteiger partial charge in [-0.15, -0.1) is 0 Å². The molecule has 3 atom stereocenters. The summed E-state index contributed by atoms with van der Waals surface area (Å²) in [7, 11) is -1.87. The molecule has 0 heterocycles. The van der Waals surface area contributed by atoms with Crippen molar-refractivity contribution in [1.29, 1.82) is 0 Å². The molecule has 18 heavy (non-hydrogen) atoms. The molecule has 0 amide bonds. The van der Waals surface area contributed by atoms with Crippen molar-refractivity contribution in [3.8, 4) is 0 Å². The van der Waals surface area contributed by atoms with Gasteiger partial charge in [-0.25, -0.2) is 0 Å². The van der Waals surface area contributed by atoms with E-state index < -0.39 is 7.14 Å². The average Bonchev–Trinajstić information content (AvgIpc) is 2.96. The zero-order valence-corrected chi connectivity index (χ0v) is 13.3. The molecule has 1 nitrogen and oxygen atoms in total. The molecule has 2 rings (SSSR count). The third kappa shape index (κ3) is 3.03. The van der Waals surface area contributed by atoms with Crippen LogP contribution in [0, 0.1) is 11.8 Å². The molecular formula is C16H31OP. The van der Waals surface area contributed by atoms with Crippen LogP contribution in [0.4, 0.5) is 0 Å². The molecule has 0 N–H and O–H groups in total. The zero-order valence-electron chi connectivity index (χ0n) is 12.4. The predicted molar refractivity (Wildman–Crippen MR) is 81.0 cm³/mol. The largest absolute Gasteiger partial charge is 0.323 e. The van der Waals surface area contributed by atoms with Gasteiger partial charge in [0.1, 0.15) is 0 Å². The molecule has 2 heteroatoms. The highest BCUT2D eigenvalue weighted by molar-refractivity contribution is 7.64. The van der Waals surface area contributed by atoms with Gasteiger partial charge in [0.25, 0.3) is 0 Å². The van der Waals surface area contributed by atoms with Crippen LogP contribution in [0.5, 0.6) is 0 Å². The smallest absolute Gasteiger partial charge is 0.0909 e. The number of rotatable bonds is 7. The summed E-state index contributed by atoms with van der Waals surface area (Å²) in [6, 6.07) is 0. The summed E-state index contributed by atoms with van der Waals surface area (Å²) in [4.78, 5) is 0. The van der Waals surface area contributed by atoms with Gasteiger partial charge < -0.3 is 4.57 Å². The van der Waals surface area contributed by atoms with Crippen LogP contribution in [0.15, 0.2) is 0 Å². The first kappa shape index (κ1) is 14.6. The fraction of sp³-hybridized carbons (Fsp3) is 1.00. The molecule has 2 saturated carbocycles. The van der Waals surface area contributed by atoms with E-state index in [1.807, 2.05) is 0 Å². The van der Waals surface area contributed by atoms with Gasteiger partial charge in [-0.1, -0.05) is 39.5 Å². The minimum atomic E-state index is -1.87. The third-order valence-electron chi connectivity index (χ3n) is 5.43. The van der Waals surface area contributed by atoms with Crippen molar-refractivity contribution in [2.75, 3.05) is 12.3 Å². The highest BCUT2D eigenvalue weighted by Crippen LogP contribution is 2.63. The summed E-state index contributed by atoms with van der Waals surface area (Å²) in [5, 5.41) is 0. The lowest BCUT2D eigenvalue weighted by atomic mass is 10.0. The Labute approximate surface area is 113 Å². The molecule has 0 aliphatic heterocycles. The molecule has 106 valence electrons. The molecule has 2 aliphatic rings. The van der Waals surface area contributed by atoms with E-state index in [4.69, 9.17) is 0 Å². The van der Waals surface area contributed by atoms with Gasteiger partial charge in [0.05, 0.1) is 7.14 Å².